The summed E-state index contributed by atoms with van der Waals surface area (Å²) in [7, 11) is -4.80. The number of carbonyl (C=O) groups excluding carboxylic acids is 3. The number of nitrogens with one attached hydrogen (secondary N) is 3. The lowest BCUT2D eigenvalue weighted by molar-refractivity contribution is -0.179. The number of halogens is 6. The molecule has 4 rings (SSSR count). The second-order valence-corrected chi connectivity index (χ2v) is 14.4. The third kappa shape index (κ3) is 11.7. The van der Waals surface area contributed by atoms with Crippen LogP contribution in [-0.2, 0) is 36.6 Å². The van der Waals surface area contributed by atoms with E-state index in [0.717, 1.165) is 48.5 Å². The number of alkyl halides is 4. The van der Waals surface area contributed by atoms with Gasteiger partial charge in [-0.15, -0.1) is 0 Å². The summed E-state index contributed by atoms with van der Waals surface area (Å²) < 4.78 is 119. The molecule has 1 aliphatic carbocycles. The molecule has 8 N–H and O–H groups in total. The summed E-state index contributed by atoms with van der Waals surface area (Å²) in [5.41, 5.74) is 2.92. The van der Waals surface area contributed by atoms with Crippen molar-refractivity contribution < 1.29 is 63.7 Å². The van der Waals surface area contributed by atoms with Crippen LogP contribution in [0.5, 0.6) is 0 Å². The molecular weight excluding hydrogens is 789 g/mol. The first-order chi connectivity index (χ1) is 26.5. The van der Waals surface area contributed by atoms with Crippen molar-refractivity contribution >= 4 is 40.9 Å². The van der Waals surface area contributed by atoms with Crippen molar-refractivity contribution in [2.75, 3.05) is 20.6 Å². The quantitative estimate of drug-likeness (QED) is 0.0239. The molecule has 3 amide bonds. The van der Waals surface area contributed by atoms with Gasteiger partial charge < -0.3 is 26.4 Å². The van der Waals surface area contributed by atoms with Crippen LogP contribution in [0, 0.1) is 34.8 Å². The molecule has 4 unspecified atom stereocenters. The summed E-state index contributed by atoms with van der Waals surface area (Å²) >= 11 is 0. The Labute approximate surface area is 324 Å². The van der Waals surface area contributed by atoms with Crippen LogP contribution in [0.2, 0.25) is 0 Å². The average molecular weight is 831 g/mol. The van der Waals surface area contributed by atoms with Crippen molar-refractivity contribution in [3.05, 3.63) is 102 Å². The second-order valence-electron chi connectivity index (χ2n) is 13.0. The van der Waals surface area contributed by atoms with Crippen LogP contribution < -0.4 is 16.4 Å². The monoisotopic (exact) mass is 830 g/mol. The predicted octanol–water partition coefficient (Wildman–Crippen LogP) is 3.02. The van der Waals surface area contributed by atoms with Gasteiger partial charge in [0.1, 0.15) is 11.6 Å². The van der Waals surface area contributed by atoms with Crippen molar-refractivity contribution in [3.8, 4) is 0 Å². The van der Waals surface area contributed by atoms with Crippen LogP contribution in [0.25, 0.3) is 0 Å². The maximum absolute atomic E-state index is 15.4. The molecule has 3 aromatic carbocycles. The average Bonchev–Trinajstić information content (AvgIpc) is 3.61. The largest absolute Gasteiger partial charge is 0.475 e. The fourth-order valence-corrected chi connectivity index (χ4v) is 6.60. The first kappa shape index (κ1) is 46.2. The zero-order chi connectivity index (χ0) is 42.9. The van der Waals surface area contributed by atoms with Gasteiger partial charge in [-0.2, -0.15) is 26.0 Å². The summed E-state index contributed by atoms with van der Waals surface area (Å²) in [6.45, 7) is 0.105. The van der Waals surface area contributed by atoms with Crippen LogP contribution in [0.4, 0.5) is 26.3 Å². The van der Waals surface area contributed by atoms with E-state index in [1.165, 1.54) is 12.1 Å². The Morgan fingerprint density at radius 1 is 0.842 bits per heavy atom. The van der Waals surface area contributed by atoms with E-state index in [1.807, 2.05) is 0 Å². The molecule has 0 aliphatic heterocycles. The lowest BCUT2D eigenvalue weighted by atomic mass is 9.76. The Bertz CT molecular complexity index is 2000. The second kappa shape index (κ2) is 19.3. The summed E-state index contributed by atoms with van der Waals surface area (Å²) in [5, 5.41) is 31.6. The normalized spacial score (nSPS) is 17.4. The van der Waals surface area contributed by atoms with Gasteiger partial charge in [0.2, 0.25) is 17.7 Å². The van der Waals surface area contributed by atoms with Gasteiger partial charge >= 0.3 is 19.2 Å². The maximum Gasteiger partial charge on any atom is 0.475 e. The molecule has 14 nitrogen and oxygen atoms in total. The minimum Gasteiger partial charge on any atom is -0.426 e. The van der Waals surface area contributed by atoms with Gasteiger partial charge in [-0.25, -0.2) is 8.78 Å². The minimum atomic E-state index is -4.24. The number of benzene rings is 3. The topological polar surface area (TPSA) is 226 Å². The van der Waals surface area contributed by atoms with Crippen molar-refractivity contribution in [2.24, 2.45) is 23.5 Å². The van der Waals surface area contributed by atoms with Crippen molar-refractivity contribution in [1.82, 2.24) is 20.4 Å². The lowest BCUT2D eigenvalue weighted by Crippen LogP contribution is -2.51. The van der Waals surface area contributed by atoms with Crippen LogP contribution in [0.1, 0.15) is 36.8 Å². The van der Waals surface area contributed by atoms with E-state index >= 15 is 17.6 Å². The summed E-state index contributed by atoms with van der Waals surface area (Å²) in [6.07, 6.45) is -1.21. The van der Waals surface area contributed by atoms with Gasteiger partial charge in [-0.05, 0) is 62.1 Å². The van der Waals surface area contributed by atoms with Gasteiger partial charge in [0.05, 0.1) is 33.8 Å². The number of hydrogen-bond acceptors (Lipinski definition) is 8. The van der Waals surface area contributed by atoms with E-state index in [9.17, 15) is 41.6 Å². The molecule has 0 saturated heterocycles. The van der Waals surface area contributed by atoms with Crippen LogP contribution in [0.3, 0.4) is 0 Å². The molecule has 0 spiro atoms. The van der Waals surface area contributed by atoms with Crippen molar-refractivity contribution in [2.45, 2.75) is 48.6 Å². The predicted molar refractivity (Wildman–Crippen MR) is 193 cm³/mol. The molecule has 0 bridgehead atoms. The summed E-state index contributed by atoms with van der Waals surface area (Å²) in [5.74, 6) is -13.0. The van der Waals surface area contributed by atoms with Gasteiger partial charge in [-0.1, -0.05) is 42.5 Å². The summed E-state index contributed by atoms with van der Waals surface area (Å²) in [4.78, 5) is 40.2. The van der Waals surface area contributed by atoms with Crippen LogP contribution in [-0.4, -0.2) is 90.2 Å². The highest BCUT2D eigenvalue weighted by molar-refractivity contribution is 7.85. The van der Waals surface area contributed by atoms with E-state index in [0.29, 0.717) is 14.1 Å². The molecule has 0 heterocycles. The third-order valence-corrected chi connectivity index (χ3v) is 10.1. The number of hydrogen-bond donors (Lipinski definition) is 7. The highest BCUT2D eigenvalue weighted by Gasteiger charge is 2.53. The number of rotatable bonds is 14. The van der Waals surface area contributed by atoms with Gasteiger partial charge in [-0.3, -0.25) is 34.1 Å². The molecule has 4 atom stereocenters. The molecule has 1 fully saturated rings. The third-order valence-electron chi connectivity index (χ3n) is 9.20. The standard InChI is InChI=1S/C29H35BF6N6O5.C6H6O3S/c1-41(28(33,34)19-8-3-5-10-21(19)31)25(44)16-14-17(24(43)40-23(30(46)47)12-7-13-39-27(37)38)18(15-16)26(45)42(2)29(35,36)20-9-4-6-11-22(20)32;7-10(8,9)6-4-2-1-3-5-6/h3-6,8-11,16-18,23,46-47H,7,12-15H2,1-2H3,(H,40,43)(H4,37,38,39);1-5H,(H,7,8,9). The number of nitrogens with zero attached hydrogens (tertiary/aromatic N) is 2. The smallest absolute Gasteiger partial charge is 0.426 e. The van der Waals surface area contributed by atoms with E-state index in [4.69, 9.17) is 15.7 Å². The fraction of sp³-hybridized carbons (Fsp3) is 0.371. The van der Waals surface area contributed by atoms with Crippen molar-refractivity contribution in [3.63, 3.8) is 0 Å². The Hall–Kier alpha value is -5.19. The van der Waals surface area contributed by atoms with Gasteiger partial charge in [0, 0.05) is 26.6 Å². The number of amides is 3. The lowest BCUT2D eigenvalue weighted by Gasteiger charge is -2.32. The molecule has 1 saturated carbocycles. The molecular formula is C35H41BF6N6O8S. The van der Waals surface area contributed by atoms with Crippen LogP contribution in [0.15, 0.2) is 83.8 Å². The molecule has 310 valence electrons. The fourth-order valence-electron chi connectivity index (χ4n) is 6.10. The van der Waals surface area contributed by atoms with E-state index in [2.05, 4.69) is 10.6 Å². The highest BCUT2D eigenvalue weighted by Crippen LogP contribution is 2.44. The number of guanidine groups is 1. The van der Waals surface area contributed by atoms with E-state index < -0.39 is 106 Å². The zero-order valence-electron chi connectivity index (χ0n) is 30.5. The molecule has 1 aliphatic rings. The minimum absolute atomic E-state index is 0.0577. The Kier molecular flexibility index (Phi) is 15.6. The van der Waals surface area contributed by atoms with Gasteiger partial charge in [0.15, 0.2) is 5.96 Å². The van der Waals surface area contributed by atoms with Crippen molar-refractivity contribution in [1.29, 1.82) is 5.41 Å². The first-order valence-corrected chi connectivity index (χ1v) is 18.5. The van der Waals surface area contributed by atoms with E-state index in [-0.39, 0.29) is 40.0 Å². The van der Waals surface area contributed by atoms with E-state index in [1.54, 1.807) is 18.2 Å². The Morgan fingerprint density at radius 2 is 1.30 bits per heavy atom. The van der Waals surface area contributed by atoms with Gasteiger partial charge in [0.25, 0.3) is 10.1 Å². The summed E-state index contributed by atoms with van der Waals surface area (Å²) in [6, 6.07) is 6.58. The molecule has 0 radical (unpaired) electrons. The molecule has 57 heavy (non-hydrogen) atoms. The molecule has 22 heteroatoms. The SMILES string of the molecule is CN(C(=O)C1CC(C(=O)NC(CCCNC(=N)N)B(O)O)C(C(=O)N(C)C(F)(F)c2ccccc2F)C1)C(F)(F)c1ccccc1F.O=S(=O)(O)c1ccccc1. The zero-order valence-corrected chi connectivity index (χ0v) is 31.3. The molecule has 0 aromatic heterocycles. The number of nitrogens with two attached hydrogens (primary N) is 1. The number of carbonyl (C=O) groups is 3. The maximum atomic E-state index is 15.4. The van der Waals surface area contributed by atoms with Crippen LogP contribution >= 0.6 is 0 Å². The Balaban J connectivity index is 0.000000754. The first-order valence-electron chi connectivity index (χ1n) is 17.1. The molecule has 3 aromatic rings. The highest BCUT2D eigenvalue weighted by atomic mass is 32.2. The Morgan fingerprint density at radius 3 is 1.74 bits per heavy atom.